The number of ether oxygens (including phenoxy) is 1. The summed E-state index contributed by atoms with van der Waals surface area (Å²) in [5.74, 6) is 0.944. The second kappa shape index (κ2) is 10.4. The van der Waals surface area contributed by atoms with Gasteiger partial charge in [0, 0.05) is 12.6 Å². The van der Waals surface area contributed by atoms with Crippen molar-refractivity contribution in [3.63, 3.8) is 0 Å². The summed E-state index contributed by atoms with van der Waals surface area (Å²) in [5.41, 5.74) is 5.39. The average Bonchev–Trinajstić information content (AvgIpc) is 2.52. The predicted molar refractivity (Wildman–Crippen MR) is 101 cm³/mol. The number of carbonyl (C=O) groups is 1. The van der Waals surface area contributed by atoms with E-state index in [2.05, 4.69) is 19.2 Å². The van der Waals surface area contributed by atoms with Crippen LogP contribution in [0.1, 0.15) is 79.6 Å². The highest BCUT2D eigenvalue weighted by molar-refractivity contribution is 5.73. The van der Waals surface area contributed by atoms with Gasteiger partial charge in [0.15, 0.2) is 0 Å². The highest BCUT2D eigenvalue weighted by Crippen LogP contribution is 2.27. The molecular weight excluding hydrogens is 300 g/mol. The molecule has 1 heterocycles. The van der Waals surface area contributed by atoms with Crippen LogP contribution < -0.4 is 11.1 Å². The highest BCUT2D eigenvalue weighted by atomic mass is 16.6. The molecule has 0 aromatic carbocycles. The van der Waals surface area contributed by atoms with E-state index in [9.17, 15) is 4.79 Å². The van der Waals surface area contributed by atoms with Crippen molar-refractivity contribution in [2.24, 2.45) is 23.5 Å². The van der Waals surface area contributed by atoms with E-state index >= 15 is 0 Å². The first-order valence-corrected chi connectivity index (χ1v) is 9.93. The van der Waals surface area contributed by atoms with Crippen LogP contribution in [0.2, 0.25) is 0 Å². The van der Waals surface area contributed by atoms with Crippen molar-refractivity contribution in [3.05, 3.63) is 0 Å². The molecule has 0 radical (unpaired) electrons. The molecule has 0 aromatic rings. The largest absolute Gasteiger partial charge is 0.460 e. The number of piperidine rings is 1. The van der Waals surface area contributed by atoms with E-state index in [0.717, 1.165) is 18.8 Å². The van der Waals surface area contributed by atoms with Gasteiger partial charge in [-0.1, -0.05) is 33.1 Å². The van der Waals surface area contributed by atoms with Crippen molar-refractivity contribution in [2.45, 2.75) is 91.2 Å². The molecular formula is C20H40N2O2. The Kier molecular flexibility index (Phi) is 9.28. The monoisotopic (exact) mass is 340 g/mol. The molecule has 0 aliphatic carbocycles. The first-order chi connectivity index (χ1) is 11.3. The van der Waals surface area contributed by atoms with E-state index in [4.69, 9.17) is 10.5 Å². The first-order valence-electron chi connectivity index (χ1n) is 9.93. The third-order valence-corrected chi connectivity index (χ3v) is 5.18. The Morgan fingerprint density at radius 3 is 2.50 bits per heavy atom. The van der Waals surface area contributed by atoms with Gasteiger partial charge >= 0.3 is 5.97 Å². The molecule has 0 bridgehead atoms. The quantitative estimate of drug-likeness (QED) is 0.625. The fourth-order valence-corrected chi connectivity index (χ4v) is 3.75. The second-order valence-electron chi connectivity index (χ2n) is 8.61. The van der Waals surface area contributed by atoms with E-state index in [1.54, 1.807) is 0 Å². The van der Waals surface area contributed by atoms with Gasteiger partial charge in [-0.05, 0) is 64.8 Å². The van der Waals surface area contributed by atoms with Crippen LogP contribution in [-0.4, -0.2) is 30.7 Å². The maximum atomic E-state index is 12.3. The van der Waals surface area contributed by atoms with Crippen molar-refractivity contribution in [3.8, 4) is 0 Å². The van der Waals surface area contributed by atoms with Crippen LogP contribution in [0, 0.1) is 17.8 Å². The zero-order valence-electron chi connectivity index (χ0n) is 16.6. The van der Waals surface area contributed by atoms with E-state index in [1.165, 1.54) is 38.6 Å². The van der Waals surface area contributed by atoms with E-state index in [-0.39, 0.29) is 11.9 Å². The molecule has 4 unspecified atom stereocenters. The Hall–Kier alpha value is -0.610. The van der Waals surface area contributed by atoms with Crippen LogP contribution in [0.4, 0.5) is 0 Å². The lowest BCUT2D eigenvalue weighted by atomic mass is 9.83. The Morgan fingerprint density at radius 1 is 1.29 bits per heavy atom. The number of carbonyl (C=O) groups excluding carboxylic acids is 1. The maximum absolute atomic E-state index is 12.3. The van der Waals surface area contributed by atoms with Crippen LogP contribution in [0.25, 0.3) is 0 Å². The van der Waals surface area contributed by atoms with Crippen LogP contribution >= 0.6 is 0 Å². The lowest BCUT2D eigenvalue weighted by Crippen LogP contribution is -2.40. The van der Waals surface area contributed by atoms with E-state index in [1.807, 2.05) is 20.8 Å². The van der Waals surface area contributed by atoms with Gasteiger partial charge < -0.3 is 15.8 Å². The lowest BCUT2D eigenvalue weighted by Gasteiger charge is -2.32. The molecule has 3 N–H and O–H groups in total. The van der Waals surface area contributed by atoms with Crippen LogP contribution in [-0.2, 0) is 9.53 Å². The molecule has 1 aliphatic rings. The van der Waals surface area contributed by atoms with E-state index in [0.29, 0.717) is 18.5 Å². The second-order valence-corrected chi connectivity index (χ2v) is 8.61. The zero-order valence-corrected chi connectivity index (χ0v) is 16.6. The van der Waals surface area contributed by atoms with Gasteiger partial charge in [0.25, 0.3) is 0 Å². The van der Waals surface area contributed by atoms with Crippen LogP contribution in [0.5, 0.6) is 0 Å². The molecule has 0 amide bonds. The van der Waals surface area contributed by atoms with Crippen molar-refractivity contribution in [2.75, 3.05) is 13.1 Å². The van der Waals surface area contributed by atoms with Crippen molar-refractivity contribution < 1.29 is 9.53 Å². The third-order valence-electron chi connectivity index (χ3n) is 5.18. The van der Waals surface area contributed by atoms with Gasteiger partial charge in [-0.2, -0.15) is 0 Å². The average molecular weight is 341 g/mol. The molecule has 4 atom stereocenters. The molecule has 1 fully saturated rings. The van der Waals surface area contributed by atoms with Gasteiger partial charge in [0.05, 0.1) is 5.92 Å². The van der Waals surface area contributed by atoms with Crippen LogP contribution in [0.3, 0.4) is 0 Å². The molecule has 0 aromatic heterocycles. The first kappa shape index (κ1) is 21.4. The standard InChI is InChI=1S/C20H40N2O2/c1-6-16(18-9-7-8-12-22-18)11-10-15(2)13-17(14-21)19(23)24-20(3,4)5/h15-18,22H,6-14,21H2,1-5H3. The normalized spacial score (nSPS) is 22.7. The topological polar surface area (TPSA) is 64.4 Å². The summed E-state index contributed by atoms with van der Waals surface area (Å²) in [5, 5.41) is 3.70. The molecule has 4 heteroatoms. The van der Waals surface area contributed by atoms with Crippen molar-refractivity contribution >= 4 is 5.97 Å². The summed E-state index contributed by atoms with van der Waals surface area (Å²) in [6.07, 6.45) is 8.46. The minimum Gasteiger partial charge on any atom is -0.460 e. The Bertz CT molecular complexity index is 359. The predicted octanol–water partition coefficient (Wildman–Crippen LogP) is 3.88. The Morgan fingerprint density at radius 2 is 2.00 bits per heavy atom. The minimum atomic E-state index is -0.437. The number of nitrogens with two attached hydrogens (primary N) is 1. The van der Waals surface area contributed by atoms with Gasteiger partial charge in [-0.3, -0.25) is 4.79 Å². The number of esters is 1. The summed E-state index contributed by atoms with van der Waals surface area (Å²) < 4.78 is 5.50. The molecule has 4 nitrogen and oxygen atoms in total. The van der Waals surface area contributed by atoms with Crippen molar-refractivity contribution in [1.29, 1.82) is 0 Å². The Balaban J connectivity index is 2.41. The SMILES string of the molecule is CCC(CCC(C)CC(CN)C(=O)OC(C)(C)C)C1CCCCN1. The lowest BCUT2D eigenvalue weighted by molar-refractivity contribution is -0.160. The molecule has 1 rings (SSSR count). The number of nitrogens with one attached hydrogen (secondary N) is 1. The zero-order chi connectivity index (χ0) is 18.2. The van der Waals surface area contributed by atoms with Crippen LogP contribution in [0.15, 0.2) is 0 Å². The number of hydrogen-bond donors (Lipinski definition) is 2. The smallest absolute Gasteiger partial charge is 0.310 e. The van der Waals surface area contributed by atoms with Crippen molar-refractivity contribution in [1.82, 2.24) is 5.32 Å². The Labute approximate surface area is 149 Å². The van der Waals surface area contributed by atoms with Gasteiger partial charge in [-0.25, -0.2) is 0 Å². The number of hydrogen-bond acceptors (Lipinski definition) is 4. The summed E-state index contributed by atoms with van der Waals surface area (Å²) in [4.78, 5) is 12.3. The fourth-order valence-electron chi connectivity index (χ4n) is 3.75. The third kappa shape index (κ3) is 7.98. The molecule has 0 saturated carbocycles. The van der Waals surface area contributed by atoms with Gasteiger partial charge in [0.2, 0.25) is 0 Å². The van der Waals surface area contributed by atoms with E-state index < -0.39 is 5.60 Å². The summed E-state index contributed by atoms with van der Waals surface area (Å²) in [7, 11) is 0. The molecule has 1 saturated heterocycles. The minimum absolute atomic E-state index is 0.141. The van der Waals surface area contributed by atoms with Gasteiger partial charge in [-0.15, -0.1) is 0 Å². The maximum Gasteiger partial charge on any atom is 0.310 e. The molecule has 24 heavy (non-hydrogen) atoms. The number of rotatable bonds is 9. The van der Waals surface area contributed by atoms with Gasteiger partial charge in [0.1, 0.15) is 5.60 Å². The summed E-state index contributed by atoms with van der Waals surface area (Å²) in [6, 6.07) is 0.687. The highest BCUT2D eigenvalue weighted by Gasteiger charge is 2.27. The molecule has 142 valence electrons. The molecule has 1 aliphatic heterocycles. The summed E-state index contributed by atoms with van der Waals surface area (Å²) in [6.45, 7) is 11.8. The fraction of sp³-hybridized carbons (Fsp3) is 0.950. The summed E-state index contributed by atoms with van der Waals surface area (Å²) >= 11 is 0. The molecule has 0 spiro atoms.